The number of anilines is 1. The van der Waals surface area contributed by atoms with E-state index in [4.69, 9.17) is 0 Å². The molecule has 1 unspecified atom stereocenters. The highest BCUT2D eigenvalue weighted by Crippen LogP contribution is 2.54. The van der Waals surface area contributed by atoms with Crippen LogP contribution in [0.2, 0.25) is 0 Å². The second-order valence-electron chi connectivity index (χ2n) is 9.52. The SMILES string of the molecule is CC#CC1(O)CC[C@@]2(Cc3cccc(NC(C)C)c3)c3ccc(O)cc3CC[C@H]2C1. The van der Waals surface area contributed by atoms with E-state index >= 15 is 0 Å². The van der Waals surface area contributed by atoms with Gasteiger partial charge in [-0.3, -0.25) is 0 Å². The van der Waals surface area contributed by atoms with Crippen LogP contribution >= 0.6 is 0 Å². The lowest BCUT2D eigenvalue weighted by Gasteiger charge is -2.52. The molecule has 0 amide bonds. The van der Waals surface area contributed by atoms with Crippen molar-refractivity contribution >= 4 is 5.69 Å². The Morgan fingerprint density at radius 3 is 2.77 bits per heavy atom. The quantitative estimate of drug-likeness (QED) is 0.616. The smallest absolute Gasteiger partial charge is 0.125 e. The lowest BCUT2D eigenvalue weighted by atomic mass is 9.52. The number of rotatable bonds is 4. The highest BCUT2D eigenvalue weighted by atomic mass is 16.3. The van der Waals surface area contributed by atoms with E-state index in [1.54, 1.807) is 0 Å². The zero-order chi connectivity index (χ0) is 21.4. The summed E-state index contributed by atoms with van der Waals surface area (Å²) in [7, 11) is 0. The molecule has 0 bridgehead atoms. The maximum Gasteiger partial charge on any atom is 0.125 e. The molecular weight excluding hydrogens is 370 g/mol. The van der Waals surface area contributed by atoms with Crippen LogP contribution < -0.4 is 5.32 Å². The van der Waals surface area contributed by atoms with Gasteiger partial charge in [-0.05, 0) is 106 Å². The monoisotopic (exact) mass is 403 g/mol. The van der Waals surface area contributed by atoms with E-state index in [9.17, 15) is 10.2 Å². The standard InChI is InChI=1S/C27H33NO2/c1-4-12-26(30)13-14-27(17-20-6-5-7-23(15-20)28-19(2)3)22(18-26)9-8-21-16-24(29)10-11-25(21)27/h5-7,10-11,15-16,19,22,28-30H,8-9,13-14,17-18H2,1-3H3/t22-,26?,27-/m0/s1. The molecule has 158 valence electrons. The Kier molecular flexibility index (Phi) is 5.55. The van der Waals surface area contributed by atoms with Gasteiger partial charge in [0.25, 0.3) is 0 Å². The topological polar surface area (TPSA) is 52.5 Å². The first-order valence-electron chi connectivity index (χ1n) is 11.2. The van der Waals surface area contributed by atoms with Crippen LogP contribution in [0, 0.1) is 17.8 Å². The number of aliphatic hydroxyl groups is 1. The van der Waals surface area contributed by atoms with E-state index in [1.165, 1.54) is 16.7 Å². The average Bonchev–Trinajstić information content (AvgIpc) is 2.68. The molecule has 3 heteroatoms. The fraction of sp³-hybridized carbons (Fsp3) is 0.481. The van der Waals surface area contributed by atoms with Gasteiger partial charge in [0.15, 0.2) is 0 Å². The summed E-state index contributed by atoms with van der Waals surface area (Å²) >= 11 is 0. The van der Waals surface area contributed by atoms with Crippen molar-refractivity contribution in [1.29, 1.82) is 0 Å². The minimum absolute atomic E-state index is 0.0284. The van der Waals surface area contributed by atoms with Crippen LogP contribution in [0.1, 0.15) is 63.1 Å². The fourth-order valence-electron chi connectivity index (χ4n) is 5.82. The molecular formula is C27H33NO2. The highest BCUT2D eigenvalue weighted by molar-refractivity contribution is 5.49. The number of aryl methyl sites for hydroxylation is 1. The highest BCUT2D eigenvalue weighted by Gasteiger charge is 2.51. The van der Waals surface area contributed by atoms with Crippen molar-refractivity contribution in [3.8, 4) is 17.6 Å². The van der Waals surface area contributed by atoms with Gasteiger partial charge in [-0.25, -0.2) is 0 Å². The Balaban J connectivity index is 1.75. The van der Waals surface area contributed by atoms with Crippen LogP contribution in [0.3, 0.4) is 0 Å². The second-order valence-corrected chi connectivity index (χ2v) is 9.52. The predicted octanol–water partition coefficient (Wildman–Crippen LogP) is 5.19. The van der Waals surface area contributed by atoms with E-state index in [2.05, 4.69) is 61.3 Å². The van der Waals surface area contributed by atoms with Crippen molar-refractivity contribution in [2.24, 2.45) is 5.92 Å². The molecule has 3 nitrogen and oxygen atoms in total. The maximum absolute atomic E-state index is 11.1. The maximum atomic E-state index is 11.1. The van der Waals surface area contributed by atoms with Crippen molar-refractivity contribution in [2.45, 2.75) is 76.4 Å². The minimum atomic E-state index is -0.877. The Hall–Kier alpha value is -2.44. The number of phenols is 1. The molecule has 4 rings (SSSR count). The summed E-state index contributed by atoms with van der Waals surface area (Å²) in [5, 5.41) is 24.7. The zero-order valence-electron chi connectivity index (χ0n) is 18.3. The molecule has 0 aromatic heterocycles. The normalized spacial score (nSPS) is 27.6. The molecule has 2 aromatic rings. The Labute approximate surface area is 180 Å². The predicted molar refractivity (Wildman–Crippen MR) is 123 cm³/mol. The molecule has 3 N–H and O–H groups in total. The third-order valence-electron chi connectivity index (χ3n) is 7.00. The first-order valence-corrected chi connectivity index (χ1v) is 11.2. The molecule has 30 heavy (non-hydrogen) atoms. The number of fused-ring (bicyclic) bond motifs is 3. The molecule has 0 radical (unpaired) electrons. The lowest BCUT2D eigenvalue weighted by Crippen LogP contribution is -2.50. The number of benzene rings is 2. The summed E-state index contributed by atoms with van der Waals surface area (Å²) in [5.41, 5.74) is 4.18. The molecule has 3 atom stereocenters. The second kappa shape index (κ2) is 8.00. The van der Waals surface area contributed by atoms with E-state index in [0.717, 1.165) is 37.8 Å². The van der Waals surface area contributed by atoms with Gasteiger partial charge in [-0.1, -0.05) is 24.1 Å². The van der Waals surface area contributed by atoms with Crippen molar-refractivity contribution in [3.05, 3.63) is 59.2 Å². The zero-order valence-corrected chi connectivity index (χ0v) is 18.3. The van der Waals surface area contributed by atoms with Gasteiger partial charge >= 0.3 is 0 Å². The Morgan fingerprint density at radius 1 is 1.17 bits per heavy atom. The molecule has 2 aromatic carbocycles. The Bertz CT molecular complexity index is 986. The molecule has 0 aliphatic heterocycles. The van der Waals surface area contributed by atoms with Gasteiger partial charge in [-0.15, -0.1) is 5.92 Å². The number of hydrogen-bond donors (Lipinski definition) is 3. The van der Waals surface area contributed by atoms with Gasteiger partial charge in [-0.2, -0.15) is 0 Å². The third-order valence-corrected chi connectivity index (χ3v) is 7.00. The van der Waals surface area contributed by atoms with Gasteiger partial charge in [0.05, 0.1) is 0 Å². The molecule has 0 saturated heterocycles. The largest absolute Gasteiger partial charge is 0.508 e. The molecule has 2 aliphatic rings. The first-order chi connectivity index (χ1) is 14.3. The summed E-state index contributed by atoms with van der Waals surface area (Å²) in [4.78, 5) is 0. The van der Waals surface area contributed by atoms with Crippen LogP contribution in [0.15, 0.2) is 42.5 Å². The van der Waals surface area contributed by atoms with Crippen LogP contribution in [0.4, 0.5) is 5.69 Å². The third kappa shape index (κ3) is 3.94. The summed E-state index contributed by atoms with van der Waals surface area (Å²) < 4.78 is 0. The molecule has 0 heterocycles. The fourth-order valence-corrected chi connectivity index (χ4v) is 5.82. The van der Waals surface area contributed by atoms with E-state index in [-0.39, 0.29) is 5.41 Å². The summed E-state index contributed by atoms with van der Waals surface area (Å²) in [6.45, 7) is 6.12. The van der Waals surface area contributed by atoms with E-state index < -0.39 is 5.60 Å². The number of hydrogen-bond acceptors (Lipinski definition) is 3. The van der Waals surface area contributed by atoms with Crippen LogP contribution in [-0.4, -0.2) is 21.9 Å². The van der Waals surface area contributed by atoms with Crippen LogP contribution in [0.25, 0.3) is 0 Å². The molecule has 0 spiro atoms. The van der Waals surface area contributed by atoms with Gasteiger partial charge in [0.2, 0.25) is 0 Å². The molecule has 1 saturated carbocycles. The first kappa shape index (κ1) is 20.8. The Morgan fingerprint density at radius 2 is 2.00 bits per heavy atom. The van der Waals surface area contributed by atoms with Crippen LogP contribution in [-0.2, 0) is 18.3 Å². The van der Waals surface area contributed by atoms with Gasteiger partial charge in [0, 0.05) is 17.1 Å². The van der Waals surface area contributed by atoms with Crippen molar-refractivity contribution in [2.75, 3.05) is 5.32 Å². The number of phenolic OH excluding ortho intramolecular Hbond substituents is 1. The molecule has 2 aliphatic carbocycles. The van der Waals surface area contributed by atoms with Crippen molar-refractivity contribution < 1.29 is 10.2 Å². The van der Waals surface area contributed by atoms with Crippen molar-refractivity contribution in [3.63, 3.8) is 0 Å². The van der Waals surface area contributed by atoms with Gasteiger partial charge < -0.3 is 15.5 Å². The summed E-state index contributed by atoms with van der Waals surface area (Å²) in [6, 6.07) is 15.0. The van der Waals surface area contributed by atoms with Crippen LogP contribution in [0.5, 0.6) is 5.75 Å². The van der Waals surface area contributed by atoms with E-state index in [0.29, 0.717) is 24.1 Å². The summed E-state index contributed by atoms with van der Waals surface area (Å²) in [6.07, 6.45) is 5.22. The lowest BCUT2D eigenvalue weighted by molar-refractivity contribution is -0.00804. The minimum Gasteiger partial charge on any atom is -0.508 e. The summed E-state index contributed by atoms with van der Waals surface area (Å²) in [5.74, 6) is 6.75. The molecule has 1 fully saturated rings. The van der Waals surface area contributed by atoms with Crippen molar-refractivity contribution in [1.82, 2.24) is 0 Å². The average molecular weight is 404 g/mol. The number of aromatic hydroxyl groups is 1. The van der Waals surface area contributed by atoms with E-state index in [1.807, 2.05) is 19.1 Å². The number of nitrogens with one attached hydrogen (secondary N) is 1. The van der Waals surface area contributed by atoms with Gasteiger partial charge in [0.1, 0.15) is 11.4 Å².